The van der Waals surface area contributed by atoms with Crippen LogP contribution in [0.3, 0.4) is 0 Å². The van der Waals surface area contributed by atoms with Gasteiger partial charge in [-0.3, -0.25) is 4.79 Å². The van der Waals surface area contributed by atoms with E-state index in [1.165, 1.54) is 11.3 Å². The van der Waals surface area contributed by atoms with Gasteiger partial charge in [-0.1, -0.05) is 16.5 Å². The first-order chi connectivity index (χ1) is 10.1. The standard InChI is InChI=1S/C13H13N5O2S/c1-7-16-11(20-18-7)4-5-15-12(19)8-2-3-9-10(6-8)21-13(14)17-9/h2-3,6H,4-5H2,1H3,(H2,14,17)(H,15,19). The van der Waals surface area contributed by atoms with Crippen molar-refractivity contribution in [3.63, 3.8) is 0 Å². The van der Waals surface area contributed by atoms with Crippen LogP contribution >= 0.6 is 11.3 Å². The molecule has 3 aromatic rings. The van der Waals surface area contributed by atoms with Gasteiger partial charge in [-0.15, -0.1) is 0 Å². The highest BCUT2D eigenvalue weighted by Gasteiger charge is 2.09. The molecule has 0 spiro atoms. The number of rotatable bonds is 4. The molecule has 0 fully saturated rings. The summed E-state index contributed by atoms with van der Waals surface area (Å²) in [5.41, 5.74) is 7.02. The number of nitrogens with one attached hydrogen (secondary N) is 1. The number of nitrogens with zero attached hydrogens (tertiary/aromatic N) is 3. The van der Waals surface area contributed by atoms with Gasteiger partial charge < -0.3 is 15.6 Å². The van der Waals surface area contributed by atoms with Gasteiger partial charge in [0.25, 0.3) is 5.91 Å². The Bertz CT molecular complexity index is 795. The first kappa shape index (κ1) is 13.5. The van der Waals surface area contributed by atoms with E-state index in [9.17, 15) is 4.79 Å². The molecule has 0 unspecified atom stereocenters. The van der Waals surface area contributed by atoms with Crippen LogP contribution in [0.5, 0.6) is 0 Å². The molecular formula is C13H13N5O2S. The van der Waals surface area contributed by atoms with Crippen molar-refractivity contribution in [2.75, 3.05) is 12.3 Å². The number of aryl methyl sites for hydroxylation is 1. The summed E-state index contributed by atoms with van der Waals surface area (Å²) in [6, 6.07) is 5.31. The highest BCUT2D eigenvalue weighted by Crippen LogP contribution is 2.24. The number of benzene rings is 1. The zero-order valence-corrected chi connectivity index (χ0v) is 12.1. The van der Waals surface area contributed by atoms with Gasteiger partial charge in [-0.25, -0.2) is 4.98 Å². The molecule has 0 aliphatic rings. The number of nitrogen functional groups attached to an aromatic ring is 1. The Balaban J connectivity index is 1.63. The van der Waals surface area contributed by atoms with E-state index in [1.807, 2.05) is 0 Å². The molecule has 21 heavy (non-hydrogen) atoms. The summed E-state index contributed by atoms with van der Waals surface area (Å²) in [6.07, 6.45) is 0.502. The average Bonchev–Trinajstić information content (AvgIpc) is 3.02. The molecule has 3 rings (SSSR count). The van der Waals surface area contributed by atoms with Crippen LogP contribution in [0.25, 0.3) is 10.2 Å². The van der Waals surface area contributed by atoms with E-state index >= 15 is 0 Å². The number of amides is 1. The molecule has 3 N–H and O–H groups in total. The Labute approximate surface area is 124 Å². The van der Waals surface area contributed by atoms with Gasteiger partial charge in [0.15, 0.2) is 11.0 Å². The molecule has 8 heteroatoms. The molecule has 0 aliphatic carbocycles. The van der Waals surface area contributed by atoms with Gasteiger partial charge in [-0.2, -0.15) is 4.98 Å². The normalized spacial score (nSPS) is 10.9. The Morgan fingerprint density at radius 2 is 2.29 bits per heavy atom. The van der Waals surface area contributed by atoms with E-state index in [4.69, 9.17) is 10.3 Å². The molecule has 1 aromatic carbocycles. The van der Waals surface area contributed by atoms with Crippen molar-refractivity contribution in [3.8, 4) is 0 Å². The molecule has 0 radical (unpaired) electrons. The molecule has 0 saturated carbocycles. The van der Waals surface area contributed by atoms with E-state index in [2.05, 4.69) is 20.4 Å². The summed E-state index contributed by atoms with van der Waals surface area (Å²) in [7, 11) is 0. The fraction of sp³-hybridized carbons (Fsp3) is 0.231. The first-order valence-electron chi connectivity index (χ1n) is 6.35. The third kappa shape index (κ3) is 3.00. The first-order valence-corrected chi connectivity index (χ1v) is 7.17. The second-order valence-corrected chi connectivity index (χ2v) is 5.54. The van der Waals surface area contributed by atoms with Crippen molar-refractivity contribution in [3.05, 3.63) is 35.5 Å². The maximum absolute atomic E-state index is 12.1. The molecule has 108 valence electrons. The number of carbonyl (C=O) groups is 1. The molecule has 0 aliphatic heterocycles. The van der Waals surface area contributed by atoms with Crippen LogP contribution in [-0.4, -0.2) is 27.6 Å². The highest BCUT2D eigenvalue weighted by molar-refractivity contribution is 7.22. The van der Waals surface area contributed by atoms with Crippen LogP contribution in [0.4, 0.5) is 5.13 Å². The van der Waals surface area contributed by atoms with Crippen molar-refractivity contribution in [1.29, 1.82) is 0 Å². The minimum absolute atomic E-state index is 0.153. The Morgan fingerprint density at radius 1 is 1.43 bits per heavy atom. The van der Waals surface area contributed by atoms with Crippen molar-refractivity contribution in [2.24, 2.45) is 0 Å². The van der Waals surface area contributed by atoms with Crippen molar-refractivity contribution < 1.29 is 9.32 Å². The maximum Gasteiger partial charge on any atom is 0.251 e. The Hall–Kier alpha value is -2.48. The quantitative estimate of drug-likeness (QED) is 0.757. The lowest BCUT2D eigenvalue weighted by Gasteiger charge is -2.03. The number of fused-ring (bicyclic) bond motifs is 1. The second-order valence-electron chi connectivity index (χ2n) is 4.48. The van der Waals surface area contributed by atoms with E-state index in [1.54, 1.807) is 25.1 Å². The van der Waals surface area contributed by atoms with E-state index in [0.717, 1.165) is 10.2 Å². The van der Waals surface area contributed by atoms with Gasteiger partial charge in [0, 0.05) is 18.5 Å². The fourth-order valence-electron chi connectivity index (χ4n) is 1.91. The summed E-state index contributed by atoms with van der Waals surface area (Å²) in [4.78, 5) is 20.3. The number of aromatic nitrogens is 3. The molecular weight excluding hydrogens is 290 g/mol. The van der Waals surface area contributed by atoms with Gasteiger partial charge >= 0.3 is 0 Å². The summed E-state index contributed by atoms with van der Waals surface area (Å²) in [6.45, 7) is 2.19. The van der Waals surface area contributed by atoms with Crippen LogP contribution in [-0.2, 0) is 6.42 Å². The lowest BCUT2D eigenvalue weighted by atomic mass is 10.2. The number of hydrogen-bond acceptors (Lipinski definition) is 7. The monoisotopic (exact) mass is 303 g/mol. The summed E-state index contributed by atoms with van der Waals surface area (Å²) in [5, 5.41) is 7.00. The zero-order valence-electron chi connectivity index (χ0n) is 11.3. The molecule has 1 amide bonds. The summed E-state index contributed by atoms with van der Waals surface area (Å²) in [5.74, 6) is 0.947. The second kappa shape index (κ2) is 5.49. The number of thiazole rings is 1. The van der Waals surface area contributed by atoms with Crippen LogP contribution in [0.1, 0.15) is 22.1 Å². The minimum atomic E-state index is -0.153. The SMILES string of the molecule is Cc1noc(CCNC(=O)c2ccc3nc(N)sc3c2)n1. The smallest absolute Gasteiger partial charge is 0.251 e. The third-order valence-electron chi connectivity index (χ3n) is 2.86. The van der Waals surface area contributed by atoms with Crippen molar-refractivity contribution >= 4 is 32.6 Å². The zero-order chi connectivity index (χ0) is 14.8. The average molecular weight is 303 g/mol. The van der Waals surface area contributed by atoms with Crippen LogP contribution in [0.2, 0.25) is 0 Å². The maximum atomic E-state index is 12.1. The topological polar surface area (TPSA) is 107 Å². The van der Waals surface area contributed by atoms with Crippen LogP contribution in [0, 0.1) is 6.92 Å². The van der Waals surface area contributed by atoms with Crippen molar-refractivity contribution in [2.45, 2.75) is 13.3 Å². The van der Waals surface area contributed by atoms with E-state index < -0.39 is 0 Å². The summed E-state index contributed by atoms with van der Waals surface area (Å²) >= 11 is 1.36. The predicted molar refractivity (Wildman–Crippen MR) is 79.1 cm³/mol. The predicted octanol–water partition coefficient (Wildman–Crippen LogP) is 1.54. The van der Waals surface area contributed by atoms with Gasteiger partial charge in [0.2, 0.25) is 5.89 Å². The number of carbonyl (C=O) groups excluding carboxylic acids is 1. The molecule has 2 aromatic heterocycles. The lowest BCUT2D eigenvalue weighted by molar-refractivity contribution is 0.0953. The van der Waals surface area contributed by atoms with Gasteiger partial charge in [0.05, 0.1) is 10.2 Å². The number of hydrogen-bond donors (Lipinski definition) is 2. The third-order valence-corrected chi connectivity index (χ3v) is 3.71. The molecule has 0 atom stereocenters. The highest BCUT2D eigenvalue weighted by atomic mass is 32.1. The molecule has 7 nitrogen and oxygen atoms in total. The molecule has 2 heterocycles. The minimum Gasteiger partial charge on any atom is -0.375 e. The van der Waals surface area contributed by atoms with Gasteiger partial charge in [0.1, 0.15) is 0 Å². The number of nitrogens with two attached hydrogens (primary N) is 1. The molecule has 0 saturated heterocycles. The van der Waals surface area contributed by atoms with Crippen LogP contribution in [0.15, 0.2) is 22.7 Å². The lowest BCUT2D eigenvalue weighted by Crippen LogP contribution is -2.25. The Kier molecular flexibility index (Phi) is 3.53. The van der Waals surface area contributed by atoms with Crippen LogP contribution < -0.4 is 11.1 Å². The largest absolute Gasteiger partial charge is 0.375 e. The Morgan fingerprint density at radius 3 is 3.05 bits per heavy atom. The van der Waals surface area contributed by atoms with Crippen molar-refractivity contribution in [1.82, 2.24) is 20.4 Å². The van der Waals surface area contributed by atoms with Gasteiger partial charge in [-0.05, 0) is 25.1 Å². The number of anilines is 1. The van der Waals surface area contributed by atoms with E-state index in [-0.39, 0.29) is 5.91 Å². The van der Waals surface area contributed by atoms with E-state index in [0.29, 0.717) is 35.4 Å². The summed E-state index contributed by atoms with van der Waals surface area (Å²) < 4.78 is 5.88. The fourth-order valence-corrected chi connectivity index (χ4v) is 2.68. The molecule has 0 bridgehead atoms.